The minimum absolute atomic E-state index is 0.774. The lowest BCUT2D eigenvalue weighted by atomic mass is 9.95. The van der Waals surface area contributed by atoms with Crippen molar-refractivity contribution in [1.82, 2.24) is 5.32 Å². The smallest absolute Gasteiger partial charge is 0.119 e. The molecule has 1 aliphatic rings. The van der Waals surface area contributed by atoms with Crippen LogP contribution in [0.15, 0.2) is 24.3 Å². The van der Waals surface area contributed by atoms with E-state index in [1.807, 2.05) is 0 Å². The molecule has 0 atom stereocenters. The van der Waals surface area contributed by atoms with Crippen molar-refractivity contribution in [3.05, 3.63) is 29.8 Å². The Morgan fingerprint density at radius 3 is 2.53 bits per heavy atom. The van der Waals surface area contributed by atoms with Gasteiger partial charge in [-0.2, -0.15) is 0 Å². The Hall–Kier alpha value is -1.06. The van der Waals surface area contributed by atoms with Gasteiger partial charge in [-0.3, -0.25) is 0 Å². The van der Waals surface area contributed by atoms with E-state index in [9.17, 15) is 0 Å². The highest BCUT2D eigenvalue weighted by molar-refractivity contribution is 5.27. The normalized spacial score (nSPS) is 16.5. The maximum absolute atomic E-state index is 5.82. The highest BCUT2D eigenvalue weighted by Gasteiger charge is 2.12. The van der Waals surface area contributed by atoms with Crippen LogP contribution in [0.4, 0.5) is 0 Å². The van der Waals surface area contributed by atoms with Crippen LogP contribution in [0.3, 0.4) is 0 Å². The first-order valence-electron chi connectivity index (χ1n) is 7.30. The molecule has 1 saturated heterocycles. The molecule has 0 unspecified atom stereocenters. The van der Waals surface area contributed by atoms with Crippen LogP contribution in [0.25, 0.3) is 0 Å². The van der Waals surface area contributed by atoms with Crippen LogP contribution >= 0.6 is 0 Å². The highest BCUT2D eigenvalue weighted by Crippen LogP contribution is 2.18. The van der Waals surface area contributed by atoms with Crippen molar-refractivity contribution in [2.24, 2.45) is 5.92 Å². The largest absolute Gasteiger partial charge is 0.494 e. The number of benzene rings is 1. The molecule has 19 heavy (non-hydrogen) atoms. The van der Waals surface area contributed by atoms with Crippen molar-refractivity contribution >= 4 is 0 Å². The standard InChI is InChI=1S/C16H25NO2/c1-18-12-8-14-2-4-16(5-3-14)19-13-9-15-6-10-17-11-7-15/h2-5,15,17H,6-13H2,1H3. The van der Waals surface area contributed by atoms with Gasteiger partial charge in [-0.05, 0) is 62.4 Å². The Morgan fingerprint density at radius 2 is 1.84 bits per heavy atom. The molecule has 0 bridgehead atoms. The number of nitrogens with one attached hydrogen (secondary N) is 1. The number of hydrogen-bond donors (Lipinski definition) is 1. The van der Waals surface area contributed by atoms with Gasteiger partial charge in [0.25, 0.3) is 0 Å². The zero-order chi connectivity index (χ0) is 13.3. The molecule has 3 heteroatoms. The summed E-state index contributed by atoms with van der Waals surface area (Å²) in [6.45, 7) is 3.94. The fraction of sp³-hybridized carbons (Fsp3) is 0.625. The zero-order valence-corrected chi connectivity index (χ0v) is 11.9. The van der Waals surface area contributed by atoms with Gasteiger partial charge in [0.2, 0.25) is 0 Å². The summed E-state index contributed by atoms with van der Waals surface area (Å²) < 4.78 is 10.9. The van der Waals surface area contributed by atoms with Crippen molar-refractivity contribution < 1.29 is 9.47 Å². The number of methoxy groups -OCH3 is 1. The molecule has 0 aliphatic carbocycles. The van der Waals surface area contributed by atoms with Crippen LogP contribution in [0, 0.1) is 5.92 Å². The van der Waals surface area contributed by atoms with Gasteiger partial charge in [0.15, 0.2) is 0 Å². The van der Waals surface area contributed by atoms with E-state index in [4.69, 9.17) is 9.47 Å². The van der Waals surface area contributed by atoms with E-state index in [0.29, 0.717) is 0 Å². The van der Waals surface area contributed by atoms with Crippen LogP contribution in [0.5, 0.6) is 5.75 Å². The Kier molecular flexibility index (Phi) is 6.18. The number of piperidine rings is 1. The molecule has 1 fully saturated rings. The molecule has 0 radical (unpaired) electrons. The van der Waals surface area contributed by atoms with Crippen LogP contribution < -0.4 is 10.1 Å². The van der Waals surface area contributed by atoms with E-state index >= 15 is 0 Å². The fourth-order valence-corrected chi connectivity index (χ4v) is 2.49. The molecule has 1 aliphatic heterocycles. The van der Waals surface area contributed by atoms with E-state index in [1.54, 1.807) is 7.11 Å². The summed E-state index contributed by atoms with van der Waals surface area (Å²) in [6.07, 6.45) is 4.72. The predicted molar refractivity (Wildman–Crippen MR) is 77.7 cm³/mol. The Bertz CT molecular complexity index is 344. The summed E-state index contributed by atoms with van der Waals surface area (Å²) in [4.78, 5) is 0. The molecule has 1 N–H and O–H groups in total. The third-order valence-electron chi connectivity index (χ3n) is 3.77. The Balaban J connectivity index is 1.67. The van der Waals surface area contributed by atoms with Crippen molar-refractivity contribution in [2.75, 3.05) is 33.4 Å². The first-order chi connectivity index (χ1) is 9.38. The topological polar surface area (TPSA) is 30.5 Å². The van der Waals surface area contributed by atoms with Gasteiger partial charge in [0.05, 0.1) is 13.2 Å². The van der Waals surface area contributed by atoms with Crippen LogP contribution in [0.1, 0.15) is 24.8 Å². The molecular weight excluding hydrogens is 238 g/mol. The Morgan fingerprint density at radius 1 is 1.11 bits per heavy atom. The summed E-state index contributed by atoms with van der Waals surface area (Å²) in [6, 6.07) is 8.37. The minimum Gasteiger partial charge on any atom is -0.494 e. The molecule has 1 aromatic carbocycles. The summed E-state index contributed by atoms with van der Waals surface area (Å²) in [5.74, 6) is 1.82. The predicted octanol–water partition coefficient (Wildman–Crippen LogP) is 2.64. The lowest BCUT2D eigenvalue weighted by molar-refractivity contribution is 0.202. The molecule has 0 saturated carbocycles. The highest BCUT2D eigenvalue weighted by atomic mass is 16.5. The molecule has 0 aromatic heterocycles. The van der Waals surface area contributed by atoms with Gasteiger partial charge >= 0.3 is 0 Å². The summed E-state index contributed by atoms with van der Waals surface area (Å²) in [7, 11) is 1.73. The van der Waals surface area contributed by atoms with Gasteiger partial charge in [-0.25, -0.2) is 0 Å². The molecule has 2 rings (SSSR count). The summed E-state index contributed by atoms with van der Waals surface area (Å²) >= 11 is 0. The monoisotopic (exact) mass is 263 g/mol. The van der Waals surface area contributed by atoms with Crippen molar-refractivity contribution in [1.29, 1.82) is 0 Å². The average Bonchev–Trinajstić information content (AvgIpc) is 2.47. The molecule has 0 spiro atoms. The van der Waals surface area contributed by atoms with E-state index in [2.05, 4.69) is 29.6 Å². The molecule has 0 amide bonds. The third kappa shape index (κ3) is 5.21. The van der Waals surface area contributed by atoms with Gasteiger partial charge in [0, 0.05) is 7.11 Å². The molecular formula is C16H25NO2. The second-order valence-electron chi connectivity index (χ2n) is 5.22. The first kappa shape index (κ1) is 14.4. The lowest BCUT2D eigenvalue weighted by Crippen LogP contribution is -2.28. The summed E-state index contributed by atoms with van der Waals surface area (Å²) in [5.41, 5.74) is 1.30. The van der Waals surface area contributed by atoms with E-state index in [-0.39, 0.29) is 0 Å². The van der Waals surface area contributed by atoms with Gasteiger partial charge in [0.1, 0.15) is 5.75 Å². The van der Waals surface area contributed by atoms with Crippen LogP contribution in [-0.2, 0) is 11.2 Å². The molecule has 3 nitrogen and oxygen atoms in total. The minimum atomic E-state index is 0.774. The van der Waals surface area contributed by atoms with Crippen molar-refractivity contribution in [3.63, 3.8) is 0 Å². The maximum Gasteiger partial charge on any atom is 0.119 e. The average molecular weight is 263 g/mol. The van der Waals surface area contributed by atoms with Gasteiger partial charge < -0.3 is 14.8 Å². The molecule has 106 valence electrons. The van der Waals surface area contributed by atoms with E-state index in [1.165, 1.54) is 37.9 Å². The van der Waals surface area contributed by atoms with E-state index in [0.717, 1.165) is 31.3 Å². The van der Waals surface area contributed by atoms with E-state index < -0.39 is 0 Å². The first-order valence-corrected chi connectivity index (χ1v) is 7.30. The Labute approximate surface area is 116 Å². The second kappa shape index (κ2) is 8.18. The van der Waals surface area contributed by atoms with Gasteiger partial charge in [-0.1, -0.05) is 12.1 Å². The SMILES string of the molecule is COCCc1ccc(OCCC2CCNCC2)cc1. The number of ether oxygens (including phenoxy) is 2. The zero-order valence-electron chi connectivity index (χ0n) is 11.9. The lowest BCUT2D eigenvalue weighted by Gasteiger charge is -2.22. The van der Waals surface area contributed by atoms with Crippen molar-refractivity contribution in [2.45, 2.75) is 25.7 Å². The summed E-state index contributed by atoms with van der Waals surface area (Å²) in [5, 5.41) is 3.39. The quantitative estimate of drug-likeness (QED) is 0.820. The van der Waals surface area contributed by atoms with Crippen LogP contribution in [0.2, 0.25) is 0 Å². The molecule has 1 aromatic rings. The number of rotatable bonds is 7. The van der Waals surface area contributed by atoms with Crippen LogP contribution in [-0.4, -0.2) is 33.4 Å². The van der Waals surface area contributed by atoms with Crippen molar-refractivity contribution in [3.8, 4) is 5.75 Å². The van der Waals surface area contributed by atoms with Gasteiger partial charge in [-0.15, -0.1) is 0 Å². The maximum atomic E-state index is 5.82. The fourth-order valence-electron chi connectivity index (χ4n) is 2.49. The third-order valence-corrected chi connectivity index (χ3v) is 3.77. The second-order valence-corrected chi connectivity index (χ2v) is 5.22. The molecule has 1 heterocycles. The number of hydrogen-bond acceptors (Lipinski definition) is 3.